The standard InChI is InChI=1S/C25H29NO3/c1-19(2)23(21-11-13-22(28-3)14-12-21)15-16-26(18-20-8-5-4-6-9-20)25(27)24-10-7-17-29-24/h4-14,17,19,23H,15-16,18H2,1-3H3. The van der Waals surface area contributed by atoms with Crippen LogP contribution in [0, 0.1) is 5.92 Å². The molecule has 1 unspecified atom stereocenters. The zero-order chi connectivity index (χ0) is 20.6. The van der Waals surface area contributed by atoms with E-state index in [1.165, 1.54) is 5.56 Å². The summed E-state index contributed by atoms with van der Waals surface area (Å²) in [4.78, 5) is 14.9. The molecule has 1 atom stereocenters. The Hall–Kier alpha value is -3.01. The molecule has 0 aliphatic rings. The van der Waals surface area contributed by atoms with Gasteiger partial charge in [0, 0.05) is 13.1 Å². The van der Waals surface area contributed by atoms with Gasteiger partial charge in [0.1, 0.15) is 5.75 Å². The van der Waals surface area contributed by atoms with Gasteiger partial charge in [-0.1, -0.05) is 56.3 Å². The van der Waals surface area contributed by atoms with Crippen LogP contribution in [0.1, 0.15) is 47.9 Å². The largest absolute Gasteiger partial charge is 0.497 e. The summed E-state index contributed by atoms with van der Waals surface area (Å²) in [5, 5.41) is 0. The van der Waals surface area contributed by atoms with Gasteiger partial charge in [-0.05, 0) is 53.6 Å². The Morgan fingerprint density at radius 2 is 1.72 bits per heavy atom. The number of methoxy groups -OCH3 is 1. The maximum Gasteiger partial charge on any atom is 0.289 e. The Kier molecular flexibility index (Phi) is 7.12. The Balaban J connectivity index is 1.76. The first-order chi connectivity index (χ1) is 14.1. The monoisotopic (exact) mass is 391 g/mol. The first-order valence-electron chi connectivity index (χ1n) is 10.1. The lowest BCUT2D eigenvalue weighted by molar-refractivity contribution is 0.0702. The summed E-state index contributed by atoms with van der Waals surface area (Å²) in [6.07, 6.45) is 2.42. The average Bonchev–Trinajstić information content (AvgIpc) is 3.28. The molecule has 1 heterocycles. The van der Waals surface area contributed by atoms with E-state index in [1.807, 2.05) is 47.4 Å². The predicted octanol–water partition coefficient (Wildman–Crippen LogP) is 5.76. The van der Waals surface area contributed by atoms with Gasteiger partial charge in [0.05, 0.1) is 13.4 Å². The van der Waals surface area contributed by atoms with Crippen molar-refractivity contribution in [3.63, 3.8) is 0 Å². The van der Waals surface area contributed by atoms with Crippen molar-refractivity contribution in [2.24, 2.45) is 5.92 Å². The van der Waals surface area contributed by atoms with E-state index in [1.54, 1.807) is 25.5 Å². The molecular formula is C25H29NO3. The highest BCUT2D eigenvalue weighted by Gasteiger charge is 2.22. The molecule has 29 heavy (non-hydrogen) atoms. The Labute approximate surface area is 173 Å². The van der Waals surface area contributed by atoms with Gasteiger partial charge in [-0.15, -0.1) is 0 Å². The van der Waals surface area contributed by atoms with E-state index in [4.69, 9.17) is 9.15 Å². The van der Waals surface area contributed by atoms with Crippen molar-refractivity contribution in [1.29, 1.82) is 0 Å². The molecular weight excluding hydrogens is 362 g/mol. The van der Waals surface area contributed by atoms with E-state index in [0.717, 1.165) is 17.7 Å². The molecule has 3 rings (SSSR count). The van der Waals surface area contributed by atoms with E-state index in [2.05, 4.69) is 26.0 Å². The van der Waals surface area contributed by atoms with Gasteiger partial charge >= 0.3 is 0 Å². The number of benzene rings is 2. The van der Waals surface area contributed by atoms with Crippen molar-refractivity contribution in [3.05, 3.63) is 89.9 Å². The normalized spacial score (nSPS) is 12.0. The van der Waals surface area contributed by atoms with Crippen LogP contribution >= 0.6 is 0 Å². The Morgan fingerprint density at radius 1 is 1.00 bits per heavy atom. The van der Waals surface area contributed by atoms with Crippen LogP contribution in [-0.2, 0) is 6.54 Å². The first-order valence-corrected chi connectivity index (χ1v) is 10.1. The molecule has 0 saturated heterocycles. The number of rotatable bonds is 9. The average molecular weight is 392 g/mol. The van der Waals surface area contributed by atoms with Gasteiger partial charge in [-0.3, -0.25) is 4.79 Å². The number of hydrogen-bond acceptors (Lipinski definition) is 3. The van der Waals surface area contributed by atoms with Crippen molar-refractivity contribution in [2.45, 2.75) is 32.7 Å². The number of carbonyl (C=O) groups excluding carboxylic acids is 1. The van der Waals surface area contributed by atoms with Crippen molar-refractivity contribution in [2.75, 3.05) is 13.7 Å². The lowest BCUT2D eigenvalue weighted by Crippen LogP contribution is -2.32. The van der Waals surface area contributed by atoms with Crippen LogP contribution in [0.3, 0.4) is 0 Å². The third kappa shape index (κ3) is 5.50. The maximum absolute atomic E-state index is 13.0. The number of hydrogen-bond donors (Lipinski definition) is 0. The molecule has 1 amide bonds. The summed E-state index contributed by atoms with van der Waals surface area (Å²) < 4.78 is 10.7. The molecule has 0 aliphatic heterocycles. The van der Waals surface area contributed by atoms with Crippen molar-refractivity contribution < 1.29 is 13.9 Å². The summed E-state index contributed by atoms with van der Waals surface area (Å²) in [5.74, 6) is 1.97. The zero-order valence-corrected chi connectivity index (χ0v) is 17.4. The number of furan rings is 1. The molecule has 0 N–H and O–H groups in total. The summed E-state index contributed by atoms with van der Waals surface area (Å²) in [6.45, 7) is 5.67. The minimum atomic E-state index is -0.0731. The summed E-state index contributed by atoms with van der Waals surface area (Å²) in [5.41, 5.74) is 2.38. The van der Waals surface area contributed by atoms with Gasteiger partial charge in [0.15, 0.2) is 5.76 Å². The zero-order valence-electron chi connectivity index (χ0n) is 17.4. The number of amides is 1. The van der Waals surface area contributed by atoms with E-state index in [-0.39, 0.29) is 5.91 Å². The number of nitrogens with zero attached hydrogens (tertiary/aromatic N) is 1. The summed E-state index contributed by atoms with van der Waals surface area (Å²) in [6, 6.07) is 21.8. The van der Waals surface area contributed by atoms with Crippen LogP contribution in [0.15, 0.2) is 77.4 Å². The van der Waals surface area contributed by atoms with Gasteiger partial charge in [-0.25, -0.2) is 0 Å². The predicted molar refractivity (Wildman–Crippen MR) is 115 cm³/mol. The van der Waals surface area contributed by atoms with E-state index in [9.17, 15) is 4.79 Å². The third-order valence-electron chi connectivity index (χ3n) is 5.29. The molecule has 0 fully saturated rings. The van der Waals surface area contributed by atoms with Crippen LogP contribution < -0.4 is 4.74 Å². The molecule has 4 nitrogen and oxygen atoms in total. The topological polar surface area (TPSA) is 42.7 Å². The van der Waals surface area contributed by atoms with E-state index < -0.39 is 0 Å². The van der Waals surface area contributed by atoms with Crippen LogP contribution in [0.25, 0.3) is 0 Å². The summed E-state index contributed by atoms with van der Waals surface area (Å²) >= 11 is 0. The number of ether oxygens (including phenoxy) is 1. The SMILES string of the molecule is COc1ccc(C(CCN(Cc2ccccc2)C(=O)c2ccco2)C(C)C)cc1. The Bertz CT molecular complexity index is 870. The van der Waals surface area contributed by atoms with Gasteiger partial charge in [-0.2, -0.15) is 0 Å². The summed E-state index contributed by atoms with van der Waals surface area (Å²) in [7, 11) is 1.68. The highest BCUT2D eigenvalue weighted by atomic mass is 16.5. The van der Waals surface area contributed by atoms with E-state index >= 15 is 0 Å². The fourth-order valence-electron chi connectivity index (χ4n) is 3.64. The molecule has 0 spiro atoms. The molecule has 1 aromatic heterocycles. The number of carbonyl (C=O) groups is 1. The van der Waals surface area contributed by atoms with Crippen LogP contribution in [0.2, 0.25) is 0 Å². The van der Waals surface area contributed by atoms with Gasteiger partial charge in [0.25, 0.3) is 5.91 Å². The van der Waals surface area contributed by atoms with Gasteiger partial charge < -0.3 is 14.1 Å². The fraction of sp³-hybridized carbons (Fsp3) is 0.320. The molecule has 152 valence electrons. The first kappa shape index (κ1) is 20.7. The van der Waals surface area contributed by atoms with Crippen molar-refractivity contribution >= 4 is 5.91 Å². The smallest absolute Gasteiger partial charge is 0.289 e. The third-order valence-corrected chi connectivity index (χ3v) is 5.29. The second-order valence-corrected chi connectivity index (χ2v) is 7.60. The van der Waals surface area contributed by atoms with Gasteiger partial charge in [0.2, 0.25) is 0 Å². The highest BCUT2D eigenvalue weighted by molar-refractivity contribution is 5.91. The van der Waals surface area contributed by atoms with Crippen molar-refractivity contribution in [3.8, 4) is 5.75 Å². The van der Waals surface area contributed by atoms with Crippen LogP contribution in [0.5, 0.6) is 5.75 Å². The van der Waals surface area contributed by atoms with Crippen molar-refractivity contribution in [1.82, 2.24) is 4.90 Å². The maximum atomic E-state index is 13.0. The minimum Gasteiger partial charge on any atom is -0.497 e. The quantitative estimate of drug-likeness (QED) is 0.466. The van der Waals surface area contributed by atoms with Crippen LogP contribution in [0.4, 0.5) is 0 Å². The van der Waals surface area contributed by atoms with E-state index in [0.29, 0.717) is 30.7 Å². The molecule has 0 bridgehead atoms. The fourth-order valence-corrected chi connectivity index (χ4v) is 3.64. The van der Waals surface area contributed by atoms with Crippen LogP contribution in [-0.4, -0.2) is 24.5 Å². The lowest BCUT2D eigenvalue weighted by Gasteiger charge is -2.27. The Morgan fingerprint density at radius 3 is 2.31 bits per heavy atom. The second-order valence-electron chi connectivity index (χ2n) is 7.60. The highest BCUT2D eigenvalue weighted by Crippen LogP contribution is 2.30. The molecule has 0 saturated carbocycles. The minimum absolute atomic E-state index is 0.0731. The molecule has 0 aliphatic carbocycles. The molecule has 2 aromatic carbocycles. The second kappa shape index (κ2) is 9.97. The molecule has 3 aromatic rings. The molecule has 0 radical (unpaired) electrons. The lowest BCUT2D eigenvalue weighted by atomic mass is 9.85. The molecule has 4 heteroatoms.